The molecule has 33 heavy (non-hydrogen) atoms. The predicted octanol–water partition coefficient (Wildman–Crippen LogP) is 3.57. The number of benzene rings is 1. The van der Waals surface area contributed by atoms with E-state index >= 15 is 0 Å². The Morgan fingerprint density at radius 3 is 2.64 bits per heavy atom. The minimum atomic E-state index is -0.527. The Labute approximate surface area is 194 Å². The van der Waals surface area contributed by atoms with Gasteiger partial charge in [0, 0.05) is 30.9 Å². The average molecular weight is 453 g/mol. The molecule has 2 amide bonds. The molecule has 0 atom stereocenters. The molecule has 1 aliphatic heterocycles. The molecule has 1 saturated carbocycles. The first-order chi connectivity index (χ1) is 15.7. The van der Waals surface area contributed by atoms with Crippen molar-refractivity contribution in [1.82, 2.24) is 15.4 Å². The summed E-state index contributed by atoms with van der Waals surface area (Å²) in [6.07, 6.45) is 6.31. The number of anilines is 4. The van der Waals surface area contributed by atoms with Gasteiger partial charge in [0.2, 0.25) is 11.9 Å². The molecule has 176 valence electrons. The van der Waals surface area contributed by atoms with Crippen LogP contribution >= 0.6 is 0 Å². The lowest BCUT2D eigenvalue weighted by atomic mass is 9.91. The van der Waals surface area contributed by atoms with Gasteiger partial charge in [-0.2, -0.15) is 4.98 Å². The van der Waals surface area contributed by atoms with E-state index in [2.05, 4.69) is 20.7 Å². The third-order valence-corrected chi connectivity index (χ3v) is 6.53. The van der Waals surface area contributed by atoms with Crippen molar-refractivity contribution in [2.24, 2.45) is 5.41 Å². The van der Waals surface area contributed by atoms with Crippen LogP contribution in [0.25, 0.3) is 0 Å². The number of carbonyl (C=O) groups excluding carboxylic acids is 2. The number of nitrogens with one attached hydrogen (secondary N) is 2. The summed E-state index contributed by atoms with van der Waals surface area (Å²) in [5, 5.41) is 3.28. The van der Waals surface area contributed by atoms with Crippen molar-refractivity contribution in [1.29, 1.82) is 0 Å². The molecule has 0 bridgehead atoms. The molecule has 9 nitrogen and oxygen atoms in total. The number of nitrogens with zero attached hydrogens (tertiary/aromatic N) is 4. The third-order valence-electron chi connectivity index (χ3n) is 6.53. The normalized spacial score (nSPS) is 18.2. The second kappa shape index (κ2) is 8.97. The number of hydrogen-bond donors (Lipinski definition) is 2. The van der Waals surface area contributed by atoms with E-state index in [0.29, 0.717) is 24.1 Å². The number of amides is 2. The van der Waals surface area contributed by atoms with Crippen LogP contribution in [0.2, 0.25) is 0 Å². The van der Waals surface area contributed by atoms with Gasteiger partial charge in [-0.15, -0.1) is 0 Å². The molecule has 2 aromatic rings. The highest BCUT2D eigenvalue weighted by molar-refractivity contribution is 6.01. The summed E-state index contributed by atoms with van der Waals surface area (Å²) in [6, 6.07) is 5.68. The van der Waals surface area contributed by atoms with Gasteiger partial charge in [0.05, 0.1) is 18.7 Å². The van der Waals surface area contributed by atoms with Crippen molar-refractivity contribution in [2.75, 3.05) is 35.8 Å². The first-order valence-corrected chi connectivity index (χ1v) is 11.3. The lowest BCUT2D eigenvalue weighted by Crippen LogP contribution is -2.45. The third kappa shape index (κ3) is 4.50. The summed E-state index contributed by atoms with van der Waals surface area (Å²) in [5.74, 6) is 0.995. The maximum Gasteiger partial charge on any atom is 0.274 e. The molecule has 1 aromatic heterocycles. The Morgan fingerprint density at radius 2 is 1.97 bits per heavy atom. The molecule has 1 aliphatic carbocycles. The summed E-state index contributed by atoms with van der Waals surface area (Å²) in [5.41, 5.74) is 4.70. The van der Waals surface area contributed by atoms with Crippen molar-refractivity contribution in [3.63, 3.8) is 0 Å². The molecule has 0 saturated heterocycles. The highest BCUT2D eigenvalue weighted by Gasteiger charge is 2.41. The van der Waals surface area contributed by atoms with Crippen molar-refractivity contribution >= 4 is 35.0 Å². The highest BCUT2D eigenvalue weighted by Crippen LogP contribution is 2.40. The molecule has 4 rings (SSSR count). The quantitative estimate of drug-likeness (QED) is 0.669. The van der Waals surface area contributed by atoms with Crippen LogP contribution < -0.4 is 20.6 Å². The SMILES string of the molecule is CONC(=O)c1ccc(Nc2ncc3c(n2)N(C2CCCC2)CC(C)(C)C(=O)N3C)c(C)c1. The minimum Gasteiger partial charge on any atom is -0.351 e. The Morgan fingerprint density at radius 1 is 1.24 bits per heavy atom. The van der Waals surface area contributed by atoms with Gasteiger partial charge in [-0.1, -0.05) is 12.8 Å². The number of aromatic nitrogens is 2. The van der Waals surface area contributed by atoms with Crippen LogP contribution in [-0.4, -0.2) is 48.5 Å². The summed E-state index contributed by atoms with van der Waals surface area (Å²) >= 11 is 0. The lowest BCUT2D eigenvalue weighted by molar-refractivity contribution is -0.125. The zero-order valence-corrected chi connectivity index (χ0v) is 19.9. The Balaban J connectivity index is 1.68. The first kappa shape index (κ1) is 23.0. The molecule has 2 N–H and O–H groups in total. The lowest BCUT2D eigenvalue weighted by Gasteiger charge is -2.34. The average Bonchev–Trinajstić information content (AvgIpc) is 3.30. The molecule has 2 aliphatic rings. The molecular weight excluding hydrogens is 420 g/mol. The van der Waals surface area contributed by atoms with Crippen LogP contribution in [0.1, 0.15) is 55.5 Å². The van der Waals surface area contributed by atoms with E-state index in [1.54, 1.807) is 30.3 Å². The van der Waals surface area contributed by atoms with Crippen molar-refractivity contribution in [3.8, 4) is 0 Å². The van der Waals surface area contributed by atoms with E-state index in [9.17, 15) is 9.59 Å². The van der Waals surface area contributed by atoms with Crippen molar-refractivity contribution in [3.05, 3.63) is 35.5 Å². The molecule has 0 spiro atoms. The van der Waals surface area contributed by atoms with Gasteiger partial charge < -0.3 is 15.1 Å². The van der Waals surface area contributed by atoms with E-state index in [1.807, 2.05) is 26.8 Å². The predicted molar refractivity (Wildman–Crippen MR) is 128 cm³/mol. The molecule has 1 aromatic carbocycles. The molecular formula is C24H32N6O3. The Hall–Kier alpha value is -3.20. The van der Waals surface area contributed by atoms with Crippen molar-refractivity contribution in [2.45, 2.75) is 52.5 Å². The van der Waals surface area contributed by atoms with Crippen molar-refractivity contribution < 1.29 is 14.4 Å². The van der Waals surface area contributed by atoms with E-state index in [0.717, 1.165) is 35.6 Å². The van der Waals surface area contributed by atoms with Crippen LogP contribution in [0.15, 0.2) is 24.4 Å². The Bertz CT molecular complexity index is 1060. The molecule has 9 heteroatoms. The van der Waals surface area contributed by atoms with Gasteiger partial charge in [-0.05, 0) is 57.4 Å². The van der Waals surface area contributed by atoms with Crippen LogP contribution in [-0.2, 0) is 9.63 Å². The van der Waals surface area contributed by atoms with Crippen LogP contribution in [0.5, 0.6) is 0 Å². The summed E-state index contributed by atoms with van der Waals surface area (Å²) in [4.78, 5) is 43.2. The highest BCUT2D eigenvalue weighted by atomic mass is 16.6. The first-order valence-electron chi connectivity index (χ1n) is 11.3. The topological polar surface area (TPSA) is 99.7 Å². The minimum absolute atomic E-state index is 0.0642. The van der Waals surface area contributed by atoms with E-state index < -0.39 is 5.41 Å². The number of fused-ring (bicyclic) bond motifs is 1. The van der Waals surface area contributed by atoms with E-state index in [4.69, 9.17) is 9.82 Å². The van der Waals surface area contributed by atoms with Crippen LogP contribution in [0, 0.1) is 12.3 Å². The van der Waals surface area contributed by atoms with Gasteiger partial charge in [0.15, 0.2) is 5.82 Å². The monoisotopic (exact) mass is 452 g/mol. The molecule has 0 radical (unpaired) electrons. The number of carbonyl (C=O) groups is 2. The fraction of sp³-hybridized carbons (Fsp3) is 0.500. The van der Waals surface area contributed by atoms with Crippen LogP contribution in [0.3, 0.4) is 0 Å². The maximum absolute atomic E-state index is 13.1. The molecule has 1 fully saturated rings. The number of hydrogen-bond acceptors (Lipinski definition) is 7. The number of hydroxylamine groups is 1. The summed E-state index contributed by atoms with van der Waals surface area (Å²) in [7, 11) is 3.20. The zero-order chi connectivity index (χ0) is 23.8. The van der Waals surface area contributed by atoms with Crippen LogP contribution in [0.4, 0.5) is 23.1 Å². The fourth-order valence-electron chi connectivity index (χ4n) is 4.74. The summed E-state index contributed by atoms with van der Waals surface area (Å²) < 4.78 is 0. The van der Waals surface area contributed by atoms with Gasteiger partial charge in [0.25, 0.3) is 5.91 Å². The zero-order valence-electron chi connectivity index (χ0n) is 19.9. The Kier molecular flexibility index (Phi) is 6.25. The van der Waals surface area contributed by atoms with Gasteiger partial charge >= 0.3 is 0 Å². The fourth-order valence-corrected chi connectivity index (χ4v) is 4.74. The van der Waals surface area contributed by atoms with Gasteiger partial charge in [-0.3, -0.25) is 14.4 Å². The largest absolute Gasteiger partial charge is 0.351 e. The second-order valence-corrected chi connectivity index (χ2v) is 9.51. The smallest absolute Gasteiger partial charge is 0.274 e. The molecule has 0 unspecified atom stereocenters. The number of rotatable bonds is 5. The van der Waals surface area contributed by atoms with Gasteiger partial charge in [-0.25, -0.2) is 10.5 Å². The maximum atomic E-state index is 13.1. The van der Waals surface area contributed by atoms with E-state index in [-0.39, 0.29) is 11.8 Å². The standard InChI is InChI=1S/C24H32N6O3/c1-15-12-16(21(31)28-33-5)10-11-18(15)26-23-25-13-19-20(27-23)30(17-8-6-7-9-17)14-24(2,3)22(32)29(19)4/h10-13,17H,6-9,14H2,1-5H3,(H,28,31)(H,25,26,27). The summed E-state index contributed by atoms with van der Waals surface area (Å²) in [6.45, 7) is 6.52. The number of aryl methyl sites for hydroxylation is 1. The van der Waals surface area contributed by atoms with E-state index in [1.165, 1.54) is 20.0 Å². The second-order valence-electron chi connectivity index (χ2n) is 9.51. The van der Waals surface area contributed by atoms with Gasteiger partial charge in [0.1, 0.15) is 5.69 Å². The molecule has 2 heterocycles.